The molecule has 0 radical (unpaired) electrons. The third-order valence-corrected chi connectivity index (χ3v) is 3.38. The molecule has 0 heterocycles. The summed E-state index contributed by atoms with van der Waals surface area (Å²) in [6, 6.07) is 0. The molecule has 0 saturated heterocycles. The quantitative estimate of drug-likeness (QED) is 0.667. The molecule has 1 fully saturated rings. The Hall–Kier alpha value is -0.990. The van der Waals surface area contributed by atoms with Gasteiger partial charge in [0.1, 0.15) is 17.3 Å². The highest BCUT2D eigenvalue weighted by atomic mass is 16.2. The monoisotopic (exact) mass is 210 g/mol. The van der Waals surface area contributed by atoms with Gasteiger partial charge in [-0.15, -0.1) is 0 Å². The standard InChI is InChI=1S/C12H18O3/c1-3-12(8-7-9(2)13)10(14)5-4-6-11(12)15/h3-8H2,1-2H3. The maximum Gasteiger partial charge on any atom is 0.146 e. The van der Waals surface area contributed by atoms with E-state index in [1.165, 1.54) is 6.92 Å². The fourth-order valence-electron chi connectivity index (χ4n) is 2.28. The van der Waals surface area contributed by atoms with Gasteiger partial charge in [-0.1, -0.05) is 6.92 Å². The van der Waals surface area contributed by atoms with Crippen LogP contribution in [0.5, 0.6) is 0 Å². The van der Waals surface area contributed by atoms with Crippen LogP contribution in [0.1, 0.15) is 52.4 Å². The molecule has 0 aromatic heterocycles. The first-order valence-electron chi connectivity index (χ1n) is 5.59. The lowest BCUT2D eigenvalue weighted by molar-refractivity contribution is -0.145. The van der Waals surface area contributed by atoms with E-state index < -0.39 is 5.41 Å². The van der Waals surface area contributed by atoms with Crippen molar-refractivity contribution >= 4 is 17.3 Å². The molecule has 0 bridgehead atoms. The first-order chi connectivity index (χ1) is 7.03. The van der Waals surface area contributed by atoms with Crippen molar-refractivity contribution in [3.8, 4) is 0 Å². The van der Waals surface area contributed by atoms with Crippen molar-refractivity contribution in [1.29, 1.82) is 0 Å². The average molecular weight is 210 g/mol. The molecule has 0 spiro atoms. The molecule has 0 N–H and O–H groups in total. The molecule has 1 aliphatic carbocycles. The molecule has 3 nitrogen and oxygen atoms in total. The minimum Gasteiger partial charge on any atom is -0.300 e. The summed E-state index contributed by atoms with van der Waals surface area (Å²) in [6.45, 7) is 3.36. The van der Waals surface area contributed by atoms with Crippen molar-refractivity contribution in [3.05, 3.63) is 0 Å². The van der Waals surface area contributed by atoms with Crippen molar-refractivity contribution in [1.82, 2.24) is 0 Å². The van der Waals surface area contributed by atoms with Crippen LogP contribution in [-0.2, 0) is 14.4 Å². The Balaban J connectivity index is 2.83. The molecular formula is C12H18O3. The van der Waals surface area contributed by atoms with Crippen LogP contribution < -0.4 is 0 Å². The summed E-state index contributed by atoms with van der Waals surface area (Å²) in [5.74, 6) is 0.138. The molecule has 0 amide bonds. The lowest BCUT2D eigenvalue weighted by atomic mass is 9.67. The Bertz CT molecular complexity index is 275. The Morgan fingerprint density at radius 2 is 1.80 bits per heavy atom. The summed E-state index contributed by atoms with van der Waals surface area (Å²) in [4.78, 5) is 34.6. The second-order valence-corrected chi connectivity index (χ2v) is 4.34. The van der Waals surface area contributed by atoms with Gasteiger partial charge in [0.05, 0.1) is 5.41 Å². The average Bonchev–Trinajstić information content (AvgIpc) is 2.18. The highest BCUT2D eigenvalue weighted by Gasteiger charge is 2.44. The molecule has 0 aromatic carbocycles. The molecule has 0 aliphatic heterocycles. The second-order valence-electron chi connectivity index (χ2n) is 4.34. The van der Waals surface area contributed by atoms with Crippen molar-refractivity contribution in [3.63, 3.8) is 0 Å². The van der Waals surface area contributed by atoms with E-state index in [0.717, 1.165) is 0 Å². The Morgan fingerprint density at radius 1 is 1.27 bits per heavy atom. The number of Topliss-reactive ketones (excluding diaryl/α,β-unsaturated/α-hetero) is 3. The Labute approximate surface area is 90.2 Å². The van der Waals surface area contributed by atoms with Crippen LogP contribution in [0.15, 0.2) is 0 Å². The smallest absolute Gasteiger partial charge is 0.146 e. The van der Waals surface area contributed by atoms with Crippen molar-refractivity contribution in [2.24, 2.45) is 5.41 Å². The molecule has 0 aromatic rings. The summed E-state index contributed by atoms with van der Waals surface area (Å²) in [7, 11) is 0. The van der Waals surface area contributed by atoms with E-state index in [2.05, 4.69) is 0 Å². The third-order valence-electron chi connectivity index (χ3n) is 3.38. The third kappa shape index (κ3) is 2.33. The van der Waals surface area contributed by atoms with Gasteiger partial charge < -0.3 is 4.79 Å². The zero-order valence-electron chi connectivity index (χ0n) is 9.47. The fourth-order valence-corrected chi connectivity index (χ4v) is 2.28. The molecule has 1 aliphatic rings. The predicted molar refractivity (Wildman–Crippen MR) is 56.5 cm³/mol. The molecule has 1 saturated carbocycles. The van der Waals surface area contributed by atoms with Crippen LogP contribution in [0.4, 0.5) is 0 Å². The molecule has 84 valence electrons. The lowest BCUT2D eigenvalue weighted by Gasteiger charge is -2.33. The number of carbonyl (C=O) groups is 3. The number of rotatable bonds is 4. The number of hydrogen-bond acceptors (Lipinski definition) is 3. The van der Waals surface area contributed by atoms with Crippen LogP contribution >= 0.6 is 0 Å². The first kappa shape index (κ1) is 12.1. The van der Waals surface area contributed by atoms with Gasteiger partial charge in [0.2, 0.25) is 0 Å². The highest BCUT2D eigenvalue weighted by molar-refractivity contribution is 6.09. The second kappa shape index (κ2) is 4.69. The van der Waals surface area contributed by atoms with Crippen LogP contribution in [0.2, 0.25) is 0 Å². The highest BCUT2D eigenvalue weighted by Crippen LogP contribution is 2.37. The van der Waals surface area contributed by atoms with E-state index in [-0.39, 0.29) is 17.3 Å². The van der Waals surface area contributed by atoms with E-state index in [9.17, 15) is 14.4 Å². The normalized spacial score (nSPS) is 20.4. The SMILES string of the molecule is CCC1(CCC(C)=O)C(=O)CCCC1=O. The fraction of sp³-hybridized carbons (Fsp3) is 0.750. The zero-order valence-corrected chi connectivity index (χ0v) is 9.47. The van der Waals surface area contributed by atoms with Gasteiger partial charge in [-0.25, -0.2) is 0 Å². The van der Waals surface area contributed by atoms with Crippen LogP contribution in [-0.4, -0.2) is 17.3 Å². The van der Waals surface area contributed by atoms with Crippen LogP contribution in [0.3, 0.4) is 0 Å². The van der Waals surface area contributed by atoms with Gasteiger partial charge in [-0.05, 0) is 26.2 Å². The maximum absolute atomic E-state index is 11.8. The first-order valence-corrected chi connectivity index (χ1v) is 5.59. The van der Waals surface area contributed by atoms with E-state index in [1.807, 2.05) is 6.92 Å². The Kier molecular flexibility index (Phi) is 3.77. The number of hydrogen-bond donors (Lipinski definition) is 0. The van der Waals surface area contributed by atoms with Gasteiger partial charge in [0.25, 0.3) is 0 Å². The van der Waals surface area contributed by atoms with Crippen molar-refractivity contribution < 1.29 is 14.4 Å². The summed E-state index contributed by atoms with van der Waals surface area (Å²) in [5, 5.41) is 0. The topological polar surface area (TPSA) is 51.2 Å². The zero-order chi connectivity index (χ0) is 11.5. The van der Waals surface area contributed by atoms with E-state index in [1.54, 1.807) is 0 Å². The van der Waals surface area contributed by atoms with Gasteiger partial charge in [-0.3, -0.25) is 9.59 Å². The molecule has 3 heteroatoms. The van der Waals surface area contributed by atoms with E-state index in [4.69, 9.17) is 0 Å². The summed E-state index contributed by atoms with van der Waals surface area (Å²) >= 11 is 0. The van der Waals surface area contributed by atoms with Gasteiger partial charge in [-0.2, -0.15) is 0 Å². The van der Waals surface area contributed by atoms with Crippen molar-refractivity contribution in [2.75, 3.05) is 0 Å². The minimum absolute atomic E-state index is 0.0440. The largest absolute Gasteiger partial charge is 0.300 e. The number of carbonyl (C=O) groups excluding carboxylic acids is 3. The predicted octanol–water partition coefficient (Wildman–Crippen LogP) is 2.07. The molecule has 15 heavy (non-hydrogen) atoms. The maximum atomic E-state index is 11.8. The van der Waals surface area contributed by atoms with Crippen LogP contribution in [0, 0.1) is 5.41 Å². The summed E-state index contributed by atoms with van der Waals surface area (Å²) < 4.78 is 0. The van der Waals surface area contributed by atoms with E-state index in [0.29, 0.717) is 38.5 Å². The van der Waals surface area contributed by atoms with Gasteiger partial charge >= 0.3 is 0 Å². The van der Waals surface area contributed by atoms with Crippen LogP contribution in [0.25, 0.3) is 0 Å². The van der Waals surface area contributed by atoms with Crippen molar-refractivity contribution in [2.45, 2.75) is 52.4 Å². The van der Waals surface area contributed by atoms with Gasteiger partial charge in [0.15, 0.2) is 0 Å². The minimum atomic E-state index is -0.829. The molecule has 0 atom stereocenters. The molecular weight excluding hydrogens is 192 g/mol. The summed E-state index contributed by atoms with van der Waals surface area (Å²) in [6.07, 6.45) is 2.97. The van der Waals surface area contributed by atoms with Gasteiger partial charge in [0, 0.05) is 19.3 Å². The molecule has 0 unspecified atom stereocenters. The Morgan fingerprint density at radius 3 is 2.20 bits per heavy atom. The summed E-state index contributed by atoms with van der Waals surface area (Å²) in [5.41, 5.74) is -0.829. The molecule has 1 rings (SSSR count). The lowest BCUT2D eigenvalue weighted by Crippen LogP contribution is -2.42. The van der Waals surface area contributed by atoms with E-state index >= 15 is 0 Å². The number of ketones is 3.